The number of carboxylic acid groups (broad SMARTS) is 1. The molecule has 0 aliphatic carbocycles. The fraction of sp³-hybridized carbons (Fsp3) is 0.467. The van der Waals surface area contributed by atoms with Crippen molar-refractivity contribution in [3.63, 3.8) is 0 Å². The number of likely N-dealkylation sites (tertiary alicyclic amines) is 2. The van der Waals surface area contributed by atoms with Crippen LogP contribution < -0.4 is 21.7 Å². The van der Waals surface area contributed by atoms with Gasteiger partial charge in [-0.3, -0.25) is 24.6 Å². The van der Waals surface area contributed by atoms with Crippen molar-refractivity contribution in [3.05, 3.63) is 91.4 Å². The van der Waals surface area contributed by atoms with E-state index in [4.69, 9.17) is 66.7 Å². The first kappa shape index (κ1) is 60.4. The molecule has 2 aromatic heterocycles. The summed E-state index contributed by atoms with van der Waals surface area (Å²) in [6, 6.07) is 9.46. The van der Waals surface area contributed by atoms with Gasteiger partial charge in [0.15, 0.2) is 5.69 Å². The highest BCUT2D eigenvalue weighted by Crippen LogP contribution is 2.27. The van der Waals surface area contributed by atoms with E-state index in [2.05, 4.69) is 36.3 Å². The van der Waals surface area contributed by atoms with E-state index in [9.17, 15) is 28.8 Å². The summed E-state index contributed by atoms with van der Waals surface area (Å²) < 4.78 is 10.6. The molecular formula is C45H64Cl4N10O9. The Kier molecular flexibility index (Phi) is 23.8. The van der Waals surface area contributed by atoms with Crippen LogP contribution in [0.1, 0.15) is 131 Å². The van der Waals surface area contributed by atoms with Gasteiger partial charge < -0.3 is 46.1 Å². The van der Waals surface area contributed by atoms with E-state index in [1.807, 2.05) is 41.5 Å². The van der Waals surface area contributed by atoms with Crippen molar-refractivity contribution in [2.24, 2.45) is 5.73 Å². The molecule has 0 bridgehead atoms. The van der Waals surface area contributed by atoms with E-state index in [-0.39, 0.29) is 101 Å². The van der Waals surface area contributed by atoms with Crippen LogP contribution in [0.2, 0.25) is 20.1 Å². The minimum atomic E-state index is -1.24. The topological polar surface area (TPSA) is 267 Å². The van der Waals surface area contributed by atoms with E-state index < -0.39 is 34.9 Å². The molecule has 8 N–H and O–H groups in total. The van der Waals surface area contributed by atoms with E-state index in [1.54, 1.807) is 34.1 Å². The van der Waals surface area contributed by atoms with Gasteiger partial charge in [0.05, 0.1) is 55.0 Å². The molecule has 0 atom stereocenters. The number of hydrogen-bond donors (Lipinski definition) is 7. The second-order valence-corrected chi connectivity index (χ2v) is 18.4. The Morgan fingerprint density at radius 1 is 0.632 bits per heavy atom. The summed E-state index contributed by atoms with van der Waals surface area (Å²) in [7, 11) is 0. The molecule has 6 rings (SSSR count). The number of hydrogen-bond acceptors (Lipinski definition) is 11. The quantitative estimate of drug-likeness (QED) is 0.0912. The lowest BCUT2D eigenvalue weighted by Crippen LogP contribution is -2.47. The van der Waals surface area contributed by atoms with Crippen LogP contribution in [0.5, 0.6) is 0 Å². The maximum atomic E-state index is 12.8. The standard InChI is InChI=1S/C21H25Cl2N5O4.C11H7Cl2N3O3.C10H20N2O2.3CH4/c1-21(2,3)32-20(31)28-9-7-12(8-10-28)25-19(30)17-15(11-24-27-17)26-18(29)16-13(22)5-4-6-14(16)23;12-5-2-1-3-6(13)8(5)10(17)15-7-4-14-16-9(7)11(18)19;1-10(2,3)14-9(13)12-6-4-8(11)5-7-12;;;/h4-6,11-12H,7-10H2,1-3H3,(H,24,27)(H,25,30)(H,26,29);1-4H,(H,14,16)(H,15,17)(H,18,19);8H,4-7,11H2,1-3H3;3*1H4. The van der Waals surface area contributed by atoms with Crippen LogP contribution in [-0.2, 0) is 9.47 Å². The summed E-state index contributed by atoms with van der Waals surface area (Å²) in [5.41, 5.74) is 5.08. The Bertz CT molecular complexity index is 2290. The van der Waals surface area contributed by atoms with Crippen molar-refractivity contribution in [2.75, 3.05) is 36.8 Å². The van der Waals surface area contributed by atoms with E-state index in [1.165, 1.54) is 24.5 Å². The number of benzene rings is 2. The van der Waals surface area contributed by atoms with Crippen molar-refractivity contribution in [1.82, 2.24) is 35.5 Å². The molecule has 2 aliphatic heterocycles. The zero-order chi connectivity index (χ0) is 48.2. The zero-order valence-corrected chi connectivity index (χ0v) is 39.5. The van der Waals surface area contributed by atoms with Crippen molar-refractivity contribution < 1.29 is 43.3 Å². The van der Waals surface area contributed by atoms with E-state index in [0.29, 0.717) is 25.9 Å². The van der Waals surface area contributed by atoms with Crippen LogP contribution in [0.3, 0.4) is 0 Å². The number of H-pyrrole nitrogens is 2. The Hall–Kier alpha value is -5.60. The van der Waals surface area contributed by atoms with E-state index in [0.717, 1.165) is 25.9 Å². The highest BCUT2D eigenvalue weighted by atomic mass is 35.5. The van der Waals surface area contributed by atoms with Gasteiger partial charge >= 0.3 is 18.2 Å². The van der Waals surface area contributed by atoms with Gasteiger partial charge in [0.1, 0.15) is 16.9 Å². The van der Waals surface area contributed by atoms with Crippen molar-refractivity contribution in [1.29, 1.82) is 0 Å². The number of aromatic carboxylic acids is 1. The molecule has 2 saturated heterocycles. The molecule has 68 heavy (non-hydrogen) atoms. The lowest BCUT2D eigenvalue weighted by Gasteiger charge is -2.33. The Morgan fingerprint density at radius 2 is 0.985 bits per heavy atom. The third-order valence-corrected chi connectivity index (χ3v) is 10.5. The molecule has 2 fully saturated rings. The number of amides is 5. The third-order valence-electron chi connectivity index (χ3n) is 9.27. The maximum absolute atomic E-state index is 12.8. The summed E-state index contributed by atoms with van der Waals surface area (Å²) in [5, 5.41) is 29.8. The predicted molar refractivity (Wildman–Crippen MR) is 266 cm³/mol. The number of nitrogens with zero attached hydrogens (tertiary/aromatic N) is 4. The number of halogens is 4. The second-order valence-electron chi connectivity index (χ2n) is 16.7. The molecule has 23 heteroatoms. The first-order chi connectivity index (χ1) is 30.4. The Morgan fingerprint density at radius 3 is 1.35 bits per heavy atom. The number of ether oxygens (including phenoxy) is 2. The zero-order valence-electron chi connectivity index (χ0n) is 36.5. The molecular weight excluding hydrogens is 966 g/mol. The number of piperidine rings is 2. The molecule has 2 aliphatic rings. The normalized spacial score (nSPS) is 13.8. The summed E-state index contributed by atoms with van der Waals surface area (Å²) >= 11 is 23.9. The first-order valence-corrected chi connectivity index (χ1v) is 21.8. The van der Waals surface area contributed by atoms with Gasteiger partial charge in [-0.2, -0.15) is 10.2 Å². The minimum Gasteiger partial charge on any atom is -0.476 e. The maximum Gasteiger partial charge on any atom is 0.410 e. The van der Waals surface area contributed by atoms with Crippen LogP contribution in [0.15, 0.2) is 48.8 Å². The largest absolute Gasteiger partial charge is 0.476 e. The molecule has 5 amide bonds. The number of carbonyl (C=O) groups is 6. The van der Waals surface area contributed by atoms with Gasteiger partial charge in [0.25, 0.3) is 17.7 Å². The molecule has 4 aromatic rings. The lowest BCUT2D eigenvalue weighted by atomic mass is 10.1. The average Bonchev–Trinajstić information content (AvgIpc) is 3.87. The number of nitrogens with two attached hydrogens (primary N) is 1. The molecule has 4 heterocycles. The third kappa shape index (κ3) is 18.1. The fourth-order valence-corrected chi connectivity index (χ4v) is 7.23. The number of carbonyl (C=O) groups excluding carboxylic acids is 5. The van der Waals surface area contributed by atoms with Crippen molar-refractivity contribution in [3.8, 4) is 0 Å². The number of aromatic amines is 2. The van der Waals surface area contributed by atoms with Gasteiger partial charge in [-0.05, 0) is 91.5 Å². The number of carboxylic acids is 1. The van der Waals surface area contributed by atoms with Crippen LogP contribution >= 0.6 is 46.4 Å². The molecule has 0 radical (unpaired) electrons. The molecule has 376 valence electrons. The molecule has 19 nitrogen and oxygen atoms in total. The average molecular weight is 1030 g/mol. The summed E-state index contributed by atoms with van der Waals surface area (Å²) in [5.74, 6) is -2.82. The molecule has 0 saturated carbocycles. The predicted octanol–water partition coefficient (Wildman–Crippen LogP) is 10.0. The van der Waals surface area contributed by atoms with Crippen LogP contribution in [0.25, 0.3) is 0 Å². The van der Waals surface area contributed by atoms with Crippen LogP contribution in [0, 0.1) is 0 Å². The van der Waals surface area contributed by atoms with E-state index >= 15 is 0 Å². The number of anilines is 2. The number of aromatic nitrogens is 4. The summed E-state index contributed by atoms with van der Waals surface area (Å²) in [6.07, 6.45) is 4.85. The van der Waals surface area contributed by atoms with Crippen molar-refractivity contribution >= 4 is 93.7 Å². The number of nitrogens with one attached hydrogen (secondary N) is 5. The summed E-state index contributed by atoms with van der Waals surface area (Å²) in [6.45, 7) is 13.5. The molecule has 2 aromatic carbocycles. The summed E-state index contributed by atoms with van der Waals surface area (Å²) in [4.78, 5) is 75.4. The molecule has 0 unspecified atom stereocenters. The van der Waals surface area contributed by atoms with Gasteiger partial charge in [-0.1, -0.05) is 80.8 Å². The lowest BCUT2D eigenvalue weighted by molar-refractivity contribution is 0.0191. The Labute approximate surface area is 417 Å². The fourth-order valence-electron chi connectivity index (χ4n) is 6.10. The van der Waals surface area contributed by atoms with Gasteiger partial charge in [-0.15, -0.1) is 0 Å². The Balaban J connectivity index is 0.000000548. The SMILES string of the molecule is C.C.C.CC(C)(C)OC(=O)N1CCC(N)CC1.CC(C)(C)OC(=O)N1CCC(NC(=O)c2[nH]ncc2NC(=O)c2c(Cl)cccc2Cl)CC1.O=C(O)c1[nH]ncc1NC(=O)c1c(Cl)cccc1Cl. The van der Waals surface area contributed by atoms with Crippen LogP contribution in [-0.4, -0.2) is 121 Å². The second kappa shape index (κ2) is 26.8. The highest BCUT2D eigenvalue weighted by molar-refractivity contribution is 6.41. The van der Waals surface area contributed by atoms with Gasteiger partial charge in [-0.25, -0.2) is 14.4 Å². The molecule has 0 spiro atoms. The number of rotatable bonds is 7. The first-order valence-electron chi connectivity index (χ1n) is 20.3. The van der Waals surface area contributed by atoms with Crippen LogP contribution in [0.4, 0.5) is 21.0 Å². The highest BCUT2D eigenvalue weighted by Gasteiger charge is 2.29. The monoisotopic (exact) mass is 1030 g/mol. The minimum absolute atomic E-state index is 0. The smallest absolute Gasteiger partial charge is 0.410 e. The van der Waals surface area contributed by atoms with Gasteiger partial charge in [0.2, 0.25) is 0 Å². The van der Waals surface area contributed by atoms with Crippen molar-refractivity contribution in [2.45, 2.75) is 113 Å². The van der Waals surface area contributed by atoms with Gasteiger partial charge in [0, 0.05) is 38.3 Å².